The van der Waals surface area contributed by atoms with Crippen LogP contribution in [-0.2, 0) is 0 Å². The molecule has 0 aliphatic rings. The normalized spacial score (nSPS) is 12.9. The second-order valence-corrected chi connectivity index (χ2v) is 4.16. The average Bonchev–Trinajstić information content (AvgIpc) is 2.25. The van der Waals surface area contributed by atoms with E-state index in [9.17, 15) is 0 Å². The highest BCUT2D eigenvalue weighted by Gasteiger charge is 2.14. The number of benzene rings is 1. The molecule has 0 aromatic heterocycles. The van der Waals surface area contributed by atoms with Crippen LogP contribution in [0, 0.1) is 5.92 Å². The van der Waals surface area contributed by atoms with Crippen molar-refractivity contribution in [2.75, 3.05) is 6.61 Å². The third-order valence-corrected chi connectivity index (χ3v) is 2.46. The van der Waals surface area contributed by atoms with E-state index in [2.05, 4.69) is 26.8 Å². The predicted octanol–water partition coefficient (Wildman–Crippen LogP) is 3.13. The van der Waals surface area contributed by atoms with Gasteiger partial charge in [-0.15, -0.1) is 0 Å². The van der Waals surface area contributed by atoms with Crippen LogP contribution >= 0.6 is 0 Å². The first-order valence-electron chi connectivity index (χ1n) is 5.64. The summed E-state index contributed by atoms with van der Waals surface area (Å²) in [6.07, 6.45) is 1.02. The van der Waals surface area contributed by atoms with Gasteiger partial charge in [0.25, 0.3) is 0 Å². The number of hydrogen-bond acceptors (Lipinski definition) is 2. The van der Waals surface area contributed by atoms with Crippen LogP contribution in [0.1, 0.15) is 38.8 Å². The molecule has 0 radical (unpaired) electrons. The largest absolute Gasteiger partial charge is 0.493 e. The van der Waals surface area contributed by atoms with Gasteiger partial charge in [-0.05, 0) is 18.4 Å². The molecule has 1 aromatic rings. The Morgan fingerprint density at radius 3 is 2.53 bits per heavy atom. The van der Waals surface area contributed by atoms with Crippen molar-refractivity contribution in [1.29, 1.82) is 0 Å². The van der Waals surface area contributed by atoms with E-state index in [1.165, 1.54) is 0 Å². The van der Waals surface area contributed by atoms with E-state index in [1.807, 2.05) is 18.2 Å². The van der Waals surface area contributed by atoms with Gasteiger partial charge in [0, 0.05) is 11.6 Å². The fourth-order valence-electron chi connectivity index (χ4n) is 1.46. The number of nitrogens with two attached hydrogens (primary N) is 1. The van der Waals surface area contributed by atoms with Gasteiger partial charge in [0.15, 0.2) is 0 Å². The zero-order valence-electron chi connectivity index (χ0n) is 9.86. The van der Waals surface area contributed by atoms with Crippen LogP contribution in [0.3, 0.4) is 0 Å². The topological polar surface area (TPSA) is 35.2 Å². The van der Waals surface area contributed by atoms with E-state index in [0.717, 1.165) is 24.3 Å². The summed E-state index contributed by atoms with van der Waals surface area (Å²) in [5.74, 6) is 1.36. The van der Waals surface area contributed by atoms with E-state index >= 15 is 0 Å². The summed E-state index contributed by atoms with van der Waals surface area (Å²) < 4.78 is 5.68. The van der Waals surface area contributed by atoms with Crippen LogP contribution in [0.5, 0.6) is 5.75 Å². The maximum Gasteiger partial charge on any atom is 0.124 e. The summed E-state index contributed by atoms with van der Waals surface area (Å²) in [5, 5.41) is 0. The molecule has 0 saturated heterocycles. The Kier molecular flexibility index (Phi) is 4.63. The molecular weight excluding hydrogens is 186 g/mol. The SMILES string of the molecule is CCCOc1ccccc1[C@H](N)C(C)C. The first-order chi connectivity index (χ1) is 7.16. The van der Waals surface area contributed by atoms with Crippen LogP contribution in [0.4, 0.5) is 0 Å². The highest BCUT2D eigenvalue weighted by Crippen LogP contribution is 2.27. The summed E-state index contributed by atoms with van der Waals surface area (Å²) >= 11 is 0. The van der Waals surface area contributed by atoms with Crippen molar-refractivity contribution < 1.29 is 4.74 Å². The van der Waals surface area contributed by atoms with Crippen molar-refractivity contribution in [3.63, 3.8) is 0 Å². The zero-order chi connectivity index (χ0) is 11.3. The molecule has 0 aliphatic heterocycles. The quantitative estimate of drug-likeness (QED) is 0.805. The first-order valence-corrected chi connectivity index (χ1v) is 5.64. The minimum atomic E-state index is 0.0538. The summed E-state index contributed by atoms with van der Waals surface area (Å²) in [4.78, 5) is 0. The maximum absolute atomic E-state index is 6.13. The number of rotatable bonds is 5. The van der Waals surface area contributed by atoms with Crippen LogP contribution < -0.4 is 10.5 Å². The summed E-state index contributed by atoms with van der Waals surface area (Å²) in [7, 11) is 0. The number of para-hydroxylation sites is 1. The zero-order valence-corrected chi connectivity index (χ0v) is 9.86. The minimum absolute atomic E-state index is 0.0538. The van der Waals surface area contributed by atoms with Crippen LogP contribution in [0.15, 0.2) is 24.3 Å². The molecule has 0 spiro atoms. The molecule has 0 aliphatic carbocycles. The van der Waals surface area contributed by atoms with Crippen LogP contribution in [-0.4, -0.2) is 6.61 Å². The Hall–Kier alpha value is -1.02. The van der Waals surface area contributed by atoms with Gasteiger partial charge < -0.3 is 10.5 Å². The van der Waals surface area contributed by atoms with Crippen molar-refractivity contribution in [2.24, 2.45) is 11.7 Å². The van der Waals surface area contributed by atoms with E-state index < -0.39 is 0 Å². The lowest BCUT2D eigenvalue weighted by molar-refractivity contribution is 0.309. The third kappa shape index (κ3) is 3.24. The molecule has 0 unspecified atom stereocenters. The molecule has 2 N–H and O–H groups in total. The second-order valence-electron chi connectivity index (χ2n) is 4.16. The van der Waals surface area contributed by atoms with Gasteiger partial charge >= 0.3 is 0 Å². The molecule has 0 bridgehead atoms. The number of hydrogen-bond donors (Lipinski definition) is 1. The summed E-state index contributed by atoms with van der Waals surface area (Å²) in [5.41, 5.74) is 7.24. The highest BCUT2D eigenvalue weighted by atomic mass is 16.5. The maximum atomic E-state index is 6.13. The summed E-state index contributed by atoms with van der Waals surface area (Å²) in [6, 6.07) is 8.10. The van der Waals surface area contributed by atoms with Crippen LogP contribution in [0.2, 0.25) is 0 Å². The average molecular weight is 207 g/mol. The number of ether oxygens (including phenoxy) is 1. The van der Waals surface area contributed by atoms with Gasteiger partial charge in [0.1, 0.15) is 5.75 Å². The Bertz CT molecular complexity index is 296. The van der Waals surface area contributed by atoms with Gasteiger partial charge in [-0.1, -0.05) is 39.0 Å². The molecule has 0 heterocycles. The molecule has 84 valence electrons. The molecule has 1 rings (SSSR count). The van der Waals surface area contributed by atoms with Crippen molar-refractivity contribution >= 4 is 0 Å². The van der Waals surface area contributed by atoms with E-state index in [-0.39, 0.29) is 6.04 Å². The molecule has 0 fully saturated rings. The first kappa shape index (κ1) is 12.1. The smallest absolute Gasteiger partial charge is 0.124 e. The van der Waals surface area contributed by atoms with Gasteiger partial charge in [0.05, 0.1) is 6.61 Å². The lowest BCUT2D eigenvalue weighted by Gasteiger charge is -2.19. The van der Waals surface area contributed by atoms with Crippen molar-refractivity contribution in [2.45, 2.75) is 33.2 Å². The molecule has 2 nitrogen and oxygen atoms in total. The molecular formula is C13H21NO. The predicted molar refractivity (Wildman–Crippen MR) is 64.0 cm³/mol. The molecule has 1 aromatic carbocycles. The van der Waals surface area contributed by atoms with E-state index in [0.29, 0.717) is 5.92 Å². The Morgan fingerprint density at radius 2 is 1.93 bits per heavy atom. The molecule has 0 amide bonds. The minimum Gasteiger partial charge on any atom is -0.493 e. The fraction of sp³-hybridized carbons (Fsp3) is 0.538. The Morgan fingerprint density at radius 1 is 1.27 bits per heavy atom. The van der Waals surface area contributed by atoms with Crippen LogP contribution in [0.25, 0.3) is 0 Å². The fourth-order valence-corrected chi connectivity index (χ4v) is 1.46. The van der Waals surface area contributed by atoms with Crippen molar-refractivity contribution in [3.05, 3.63) is 29.8 Å². The summed E-state index contributed by atoms with van der Waals surface area (Å²) in [6.45, 7) is 7.11. The van der Waals surface area contributed by atoms with Crippen molar-refractivity contribution in [3.8, 4) is 5.75 Å². The molecule has 15 heavy (non-hydrogen) atoms. The van der Waals surface area contributed by atoms with E-state index in [4.69, 9.17) is 10.5 Å². The lowest BCUT2D eigenvalue weighted by Crippen LogP contribution is -2.17. The van der Waals surface area contributed by atoms with Gasteiger partial charge in [-0.25, -0.2) is 0 Å². The second kappa shape index (κ2) is 5.76. The standard InChI is InChI=1S/C13H21NO/c1-4-9-15-12-8-6-5-7-11(12)13(14)10(2)3/h5-8,10,13H,4,9,14H2,1-3H3/t13-/m1/s1. The van der Waals surface area contributed by atoms with E-state index in [1.54, 1.807) is 0 Å². The van der Waals surface area contributed by atoms with Gasteiger partial charge in [-0.2, -0.15) is 0 Å². The molecule has 0 saturated carbocycles. The third-order valence-electron chi connectivity index (χ3n) is 2.46. The van der Waals surface area contributed by atoms with Crippen molar-refractivity contribution in [1.82, 2.24) is 0 Å². The molecule has 2 heteroatoms. The Balaban J connectivity index is 2.85. The van der Waals surface area contributed by atoms with Gasteiger partial charge in [-0.3, -0.25) is 0 Å². The van der Waals surface area contributed by atoms with Gasteiger partial charge in [0.2, 0.25) is 0 Å². The monoisotopic (exact) mass is 207 g/mol. The highest BCUT2D eigenvalue weighted by molar-refractivity contribution is 5.35. The Labute approximate surface area is 92.4 Å². The molecule has 1 atom stereocenters. The lowest BCUT2D eigenvalue weighted by atomic mass is 9.96.